The third-order valence-corrected chi connectivity index (χ3v) is 4.84. The van der Waals surface area contributed by atoms with Gasteiger partial charge in [0.1, 0.15) is 5.54 Å². The topological polar surface area (TPSA) is 46.2 Å². The summed E-state index contributed by atoms with van der Waals surface area (Å²) in [6.07, 6.45) is 7.73. The van der Waals surface area contributed by atoms with Gasteiger partial charge in [-0.25, -0.2) is 0 Å². The van der Waals surface area contributed by atoms with E-state index < -0.39 is 5.54 Å². The quantitative estimate of drug-likeness (QED) is 0.730. The summed E-state index contributed by atoms with van der Waals surface area (Å²) in [7, 11) is 0. The van der Waals surface area contributed by atoms with Crippen LogP contribution in [-0.4, -0.2) is 11.7 Å². The Balaban J connectivity index is 2.25. The number of Topliss-reactive ketones (excluding diaryl/α,β-unsaturated/α-hetero) is 1. The van der Waals surface area contributed by atoms with E-state index in [1.165, 1.54) is 19.3 Å². The Morgan fingerprint density at radius 1 is 1.13 bits per heavy atom. The van der Waals surface area contributed by atoms with Gasteiger partial charge >= 0.3 is 0 Å². The first-order chi connectivity index (χ1) is 11.1. The van der Waals surface area contributed by atoms with Gasteiger partial charge in [0, 0.05) is 17.9 Å². The Kier molecular flexibility index (Phi) is 6.64. The van der Waals surface area contributed by atoms with Crippen LogP contribution < -0.4 is 5.32 Å². The SMILES string of the molecule is CCCCCCCC1(c2cccc(Cl)c2)NC(=O)CCCC1=O. The summed E-state index contributed by atoms with van der Waals surface area (Å²) in [5.74, 6) is 0.0745. The molecule has 0 aromatic heterocycles. The lowest BCUT2D eigenvalue weighted by Gasteiger charge is -2.33. The predicted molar refractivity (Wildman–Crippen MR) is 93.5 cm³/mol. The number of ketones is 1. The molecule has 4 heteroatoms. The molecule has 1 aliphatic rings. The fourth-order valence-electron chi connectivity index (χ4n) is 3.32. The van der Waals surface area contributed by atoms with Crippen molar-refractivity contribution in [3.63, 3.8) is 0 Å². The highest BCUT2D eigenvalue weighted by molar-refractivity contribution is 6.30. The lowest BCUT2D eigenvalue weighted by atomic mass is 9.80. The molecular formula is C19H26ClNO2. The molecule has 1 aromatic rings. The van der Waals surface area contributed by atoms with Crippen LogP contribution in [0.15, 0.2) is 24.3 Å². The number of unbranched alkanes of at least 4 members (excludes halogenated alkanes) is 4. The Bertz CT molecular complexity index is 558. The first-order valence-corrected chi connectivity index (χ1v) is 9.06. The van der Waals surface area contributed by atoms with Gasteiger partial charge in [0.2, 0.25) is 5.91 Å². The van der Waals surface area contributed by atoms with Crippen LogP contribution in [-0.2, 0) is 15.1 Å². The average Bonchev–Trinajstić information content (AvgIpc) is 2.67. The normalized spacial score (nSPS) is 21.8. The summed E-state index contributed by atoms with van der Waals surface area (Å²) >= 11 is 6.13. The Morgan fingerprint density at radius 2 is 1.91 bits per heavy atom. The van der Waals surface area contributed by atoms with Gasteiger partial charge in [0.25, 0.3) is 0 Å². The molecule has 1 N–H and O–H groups in total. The summed E-state index contributed by atoms with van der Waals surface area (Å²) in [5.41, 5.74) is -0.0780. The van der Waals surface area contributed by atoms with Crippen LogP contribution in [0.1, 0.15) is 70.3 Å². The number of hydrogen-bond donors (Lipinski definition) is 1. The third kappa shape index (κ3) is 4.57. The summed E-state index contributed by atoms with van der Waals surface area (Å²) in [6, 6.07) is 7.36. The van der Waals surface area contributed by atoms with Crippen LogP contribution in [0.25, 0.3) is 0 Å². The summed E-state index contributed by atoms with van der Waals surface area (Å²) in [4.78, 5) is 25.0. The van der Waals surface area contributed by atoms with Crippen molar-refractivity contribution in [3.8, 4) is 0 Å². The maximum absolute atomic E-state index is 12.9. The second-order valence-corrected chi connectivity index (χ2v) is 6.84. The molecule has 2 rings (SSSR count). The maximum Gasteiger partial charge on any atom is 0.221 e. The zero-order valence-corrected chi connectivity index (χ0v) is 14.6. The van der Waals surface area contributed by atoms with E-state index in [0.717, 1.165) is 18.4 Å². The number of carbonyl (C=O) groups is 2. The number of carbonyl (C=O) groups excluding carboxylic acids is 2. The zero-order valence-electron chi connectivity index (χ0n) is 13.9. The first-order valence-electron chi connectivity index (χ1n) is 8.69. The average molecular weight is 336 g/mol. The van der Waals surface area contributed by atoms with Gasteiger partial charge < -0.3 is 5.32 Å². The largest absolute Gasteiger partial charge is 0.340 e. The van der Waals surface area contributed by atoms with E-state index in [0.29, 0.717) is 30.7 Å². The molecule has 1 amide bonds. The van der Waals surface area contributed by atoms with E-state index in [9.17, 15) is 9.59 Å². The smallest absolute Gasteiger partial charge is 0.221 e. The van der Waals surface area contributed by atoms with Gasteiger partial charge in [0.05, 0.1) is 0 Å². The van der Waals surface area contributed by atoms with Crippen LogP contribution >= 0.6 is 11.6 Å². The molecule has 126 valence electrons. The van der Waals surface area contributed by atoms with Gasteiger partial charge in [-0.05, 0) is 30.5 Å². The van der Waals surface area contributed by atoms with Crippen molar-refractivity contribution < 1.29 is 9.59 Å². The third-order valence-electron chi connectivity index (χ3n) is 4.61. The molecule has 1 unspecified atom stereocenters. The second kappa shape index (κ2) is 8.49. The van der Waals surface area contributed by atoms with Gasteiger partial charge in [0.15, 0.2) is 5.78 Å². The summed E-state index contributed by atoms with van der Waals surface area (Å²) < 4.78 is 0. The molecule has 0 radical (unpaired) electrons. The van der Waals surface area contributed by atoms with Crippen molar-refractivity contribution in [1.29, 1.82) is 0 Å². The minimum absolute atomic E-state index is 0.0376. The maximum atomic E-state index is 12.9. The van der Waals surface area contributed by atoms with Crippen molar-refractivity contribution in [2.24, 2.45) is 0 Å². The van der Waals surface area contributed by atoms with Crippen molar-refractivity contribution in [2.75, 3.05) is 0 Å². The Morgan fingerprint density at radius 3 is 2.65 bits per heavy atom. The van der Waals surface area contributed by atoms with E-state index in [1.807, 2.05) is 18.2 Å². The fraction of sp³-hybridized carbons (Fsp3) is 0.579. The van der Waals surface area contributed by atoms with E-state index in [4.69, 9.17) is 11.6 Å². The molecule has 0 spiro atoms. The monoisotopic (exact) mass is 335 g/mol. The Hall–Kier alpha value is -1.35. The van der Waals surface area contributed by atoms with E-state index in [-0.39, 0.29) is 11.7 Å². The van der Waals surface area contributed by atoms with E-state index >= 15 is 0 Å². The van der Waals surface area contributed by atoms with Gasteiger partial charge in [-0.15, -0.1) is 0 Å². The van der Waals surface area contributed by atoms with Gasteiger partial charge in [-0.2, -0.15) is 0 Å². The van der Waals surface area contributed by atoms with Crippen molar-refractivity contribution >= 4 is 23.3 Å². The van der Waals surface area contributed by atoms with Crippen LogP contribution in [0.2, 0.25) is 5.02 Å². The van der Waals surface area contributed by atoms with Crippen LogP contribution in [0.4, 0.5) is 0 Å². The highest BCUT2D eigenvalue weighted by Crippen LogP contribution is 2.34. The number of nitrogens with one attached hydrogen (secondary N) is 1. The molecule has 0 aliphatic carbocycles. The second-order valence-electron chi connectivity index (χ2n) is 6.40. The Labute approximate surface area is 143 Å². The fourth-order valence-corrected chi connectivity index (χ4v) is 3.51. The van der Waals surface area contributed by atoms with Crippen LogP contribution in [0.5, 0.6) is 0 Å². The molecule has 1 aliphatic heterocycles. The molecule has 1 fully saturated rings. The first kappa shape index (κ1) is 18.0. The molecule has 0 bridgehead atoms. The molecular weight excluding hydrogens is 310 g/mol. The van der Waals surface area contributed by atoms with Crippen LogP contribution in [0, 0.1) is 0 Å². The van der Waals surface area contributed by atoms with E-state index in [2.05, 4.69) is 12.2 Å². The van der Waals surface area contributed by atoms with Crippen molar-refractivity contribution in [3.05, 3.63) is 34.9 Å². The number of benzene rings is 1. The molecule has 1 aromatic carbocycles. The lowest BCUT2D eigenvalue weighted by molar-refractivity contribution is -0.130. The molecule has 1 heterocycles. The molecule has 1 saturated heterocycles. The van der Waals surface area contributed by atoms with Crippen LogP contribution in [0.3, 0.4) is 0 Å². The summed E-state index contributed by atoms with van der Waals surface area (Å²) in [6.45, 7) is 2.18. The standard InChI is InChI=1S/C19H26ClNO2/c1-2-3-4-5-6-13-19(15-9-7-10-16(20)14-15)17(22)11-8-12-18(23)21-19/h7,9-10,14H,2-6,8,11-13H2,1H3,(H,21,23). The summed E-state index contributed by atoms with van der Waals surface area (Å²) in [5, 5.41) is 3.63. The predicted octanol–water partition coefficient (Wildman–Crippen LogP) is 4.77. The highest BCUT2D eigenvalue weighted by atomic mass is 35.5. The molecule has 23 heavy (non-hydrogen) atoms. The number of rotatable bonds is 7. The number of halogens is 1. The number of hydrogen-bond acceptors (Lipinski definition) is 2. The minimum Gasteiger partial charge on any atom is -0.340 e. The van der Waals surface area contributed by atoms with Gasteiger partial charge in [-0.1, -0.05) is 62.8 Å². The van der Waals surface area contributed by atoms with E-state index in [1.54, 1.807) is 6.07 Å². The van der Waals surface area contributed by atoms with Crippen molar-refractivity contribution in [1.82, 2.24) is 5.32 Å². The molecule has 1 atom stereocenters. The minimum atomic E-state index is -0.898. The highest BCUT2D eigenvalue weighted by Gasteiger charge is 2.41. The lowest BCUT2D eigenvalue weighted by Crippen LogP contribution is -2.50. The molecule has 3 nitrogen and oxygen atoms in total. The molecule has 0 saturated carbocycles. The van der Waals surface area contributed by atoms with Crippen molar-refractivity contribution in [2.45, 2.75) is 70.3 Å². The number of amides is 1. The zero-order chi connectivity index (χ0) is 16.7. The van der Waals surface area contributed by atoms with Gasteiger partial charge in [-0.3, -0.25) is 9.59 Å².